The molecule has 1 aromatic carbocycles. The van der Waals surface area contributed by atoms with Crippen molar-refractivity contribution in [2.45, 2.75) is 13.0 Å². The van der Waals surface area contributed by atoms with Crippen molar-refractivity contribution >= 4 is 15.8 Å². The number of anilines is 1. The SMILES string of the molecule is CCN(CC(O)CS(=O)(=O)O)c1cccc(OC)c1.[Na+]. The molecule has 108 valence electrons. The molecule has 0 amide bonds. The topological polar surface area (TPSA) is 87.1 Å². The second-order valence-corrected chi connectivity index (χ2v) is 5.64. The molecule has 0 aromatic heterocycles. The Morgan fingerprint density at radius 1 is 1.40 bits per heavy atom. The zero-order valence-electron chi connectivity index (χ0n) is 12.0. The Hall–Kier alpha value is -0.310. The maximum Gasteiger partial charge on any atom is 1.00 e. The van der Waals surface area contributed by atoms with Gasteiger partial charge in [-0.15, -0.1) is 0 Å². The van der Waals surface area contributed by atoms with Gasteiger partial charge in [-0.05, 0) is 19.1 Å². The number of hydrogen-bond donors (Lipinski definition) is 2. The third-order valence-corrected chi connectivity index (χ3v) is 3.44. The van der Waals surface area contributed by atoms with Crippen LogP contribution in [0.3, 0.4) is 0 Å². The van der Waals surface area contributed by atoms with Crippen LogP contribution in [0, 0.1) is 0 Å². The maximum atomic E-state index is 10.7. The van der Waals surface area contributed by atoms with E-state index in [9.17, 15) is 13.5 Å². The van der Waals surface area contributed by atoms with Crippen LogP contribution in [0.25, 0.3) is 0 Å². The second-order valence-electron chi connectivity index (χ2n) is 4.14. The predicted molar refractivity (Wildman–Crippen MR) is 73.3 cm³/mol. The fraction of sp³-hybridized carbons (Fsp3) is 0.500. The van der Waals surface area contributed by atoms with Gasteiger partial charge >= 0.3 is 29.6 Å². The number of rotatable bonds is 7. The first kappa shape index (κ1) is 19.7. The Kier molecular flexibility index (Phi) is 8.72. The van der Waals surface area contributed by atoms with Gasteiger partial charge in [0, 0.05) is 24.8 Å². The molecule has 1 atom stereocenters. The first-order valence-corrected chi connectivity index (χ1v) is 7.49. The van der Waals surface area contributed by atoms with Gasteiger partial charge in [-0.25, -0.2) is 0 Å². The Morgan fingerprint density at radius 2 is 2.05 bits per heavy atom. The summed E-state index contributed by atoms with van der Waals surface area (Å²) in [6.07, 6.45) is -1.15. The Balaban J connectivity index is 0.00000361. The van der Waals surface area contributed by atoms with Crippen LogP contribution < -0.4 is 39.2 Å². The number of methoxy groups -OCH3 is 1. The van der Waals surface area contributed by atoms with Crippen LogP contribution >= 0.6 is 0 Å². The molecule has 0 aliphatic heterocycles. The van der Waals surface area contributed by atoms with E-state index in [1.165, 1.54) is 0 Å². The van der Waals surface area contributed by atoms with Crippen LogP contribution in [0.5, 0.6) is 5.75 Å². The van der Waals surface area contributed by atoms with E-state index in [-0.39, 0.29) is 36.1 Å². The molecule has 0 saturated carbocycles. The van der Waals surface area contributed by atoms with E-state index in [1.807, 2.05) is 19.1 Å². The Morgan fingerprint density at radius 3 is 2.55 bits per heavy atom. The zero-order chi connectivity index (χ0) is 14.5. The van der Waals surface area contributed by atoms with Gasteiger partial charge in [0.05, 0.1) is 13.2 Å². The summed E-state index contributed by atoms with van der Waals surface area (Å²) in [5.41, 5.74) is 0.816. The largest absolute Gasteiger partial charge is 1.00 e. The molecule has 6 nitrogen and oxygen atoms in total. The summed E-state index contributed by atoms with van der Waals surface area (Å²) in [6, 6.07) is 7.24. The number of likely N-dealkylation sites (N-methyl/N-ethyl adjacent to an activating group) is 1. The Bertz CT molecular complexity index is 508. The molecule has 1 aromatic rings. The Labute approximate surface area is 141 Å². The zero-order valence-corrected chi connectivity index (χ0v) is 14.8. The number of aliphatic hydroxyl groups is 1. The van der Waals surface area contributed by atoms with E-state index >= 15 is 0 Å². The number of nitrogens with zero attached hydrogens (tertiary/aromatic N) is 1. The molecule has 0 radical (unpaired) electrons. The van der Waals surface area contributed by atoms with Gasteiger partial charge < -0.3 is 14.7 Å². The van der Waals surface area contributed by atoms with Crippen molar-refractivity contribution in [3.8, 4) is 5.75 Å². The molecular formula is C12H19NNaO5S+. The van der Waals surface area contributed by atoms with Crippen molar-refractivity contribution in [3.63, 3.8) is 0 Å². The van der Waals surface area contributed by atoms with Crippen molar-refractivity contribution in [1.82, 2.24) is 0 Å². The number of benzene rings is 1. The van der Waals surface area contributed by atoms with Crippen LogP contribution in [0.4, 0.5) is 5.69 Å². The fourth-order valence-electron chi connectivity index (χ4n) is 1.77. The summed E-state index contributed by atoms with van der Waals surface area (Å²) in [5.74, 6) is 0.00761. The predicted octanol–water partition coefficient (Wildman–Crippen LogP) is -2.23. The first-order valence-electron chi connectivity index (χ1n) is 5.88. The summed E-state index contributed by atoms with van der Waals surface area (Å²) in [5, 5.41) is 9.66. The van der Waals surface area contributed by atoms with E-state index in [4.69, 9.17) is 9.29 Å². The van der Waals surface area contributed by atoms with Crippen LogP contribution in [0.15, 0.2) is 24.3 Å². The standard InChI is InChI=1S/C12H19NO5S.Na/c1-3-13(8-11(14)9-19(15,16)17)10-5-4-6-12(7-10)18-2;/h4-7,11,14H,3,8-9H2,1-2H3,(H,15,16,17);/q;+1. The molecule has 8 heteroatoms. The minimum absolute atomic E-state index is 0. The summed E-state index contributed by atoms with van der Waals surface area (Å²) in [6.45, 7) is 2.60. The number of aliphatic hydroxyl groups excluding tert-OH is 1. The van der Waals surface area contributed by atoms with Gasteiger partial charge in [0.1, 0.15) is 11.5 Å². The van der Waals surface area contributed by atoms with Crippen LogP contribution in [-0.4, -0.2) is 50.1 Å². The van der Waals surface area contributed by atoms with Gasteiger partial charge in [0.25, 0.3) is 10.1 Å². The average molecular weight is 312 g/mol. The molecule has 1 unspecified atom stereocenters. The van der Waals surface area contributed by atoms with E-state index in [0.29, 0.717) is 12.3 Å². The van der Waals surface area contributed by atoms with Gasteiger partial charge in [0.2, 0.25) is 0 Å². The van der Waals surface area contributed by atoms with E-state index < -0.39 is 22.0 Å². The average Bonchev–Trinajstić information content (AvgIpc) is 2.34. The molecule has 0 bridgehead atoms. The van der Waals surface area contributed by atoms with Gasteiger partial charge in [-0.2, -0.15) is 8.42 Å². The van der Waals surface area contributed by atoms with E-state index in [1.54, 1.807) is 24.1 Å². The van der Waals surface area contributed by atoms with Crippen molar-refractivity contribution in [3.05, 3.63) is 24.3 Å². The summed E-state index contributed by atoms with van der Waals surface area (Å²) < 4.78 is 35.2. The minimum atomic E-state index is -4.17. The fourth-order valence-corrected chi connectivity index (χ4v) is 2.37. The maximum absolute atomic E-state index is 10.7. The van der Waals surface area contributed by atoms with Gasteiger partial charge in [0.15, 0.2) is 0 Å². The normalized spacial score (nSPS) is 12.4. The molecule has 1 rings (SSSR count). The summed E-state index contributed by atoms with van der Waals surface area (Å²) in [4.78, 5) is 1.80. The van der Waals surface area contributed by atoms with Crippen LogP contribution in [0.1, 0.15) is 6.92 Å². The molecule has 0 spiro atoms. The number of hydrogen-bond acceptors (Lipinski definition) is 5. The number of ether oxygens (including phenoxy) is 1. The molecular weight excluding hydrogens is 293 g/mol. The molecule has 0 heterocycles. The van der Waals surface area contributed by atoms with Crippen LogP contribution in [-0.2, 0) is 10.1 Å². The van der Waals surface area contributed by atoms with Crippen molar-refractivity contribution in [1.29, 1.82) is 0 Å². The monoisotopic (exact) mass is 312 g/mol. The first-order chi connectivity index (χ1) is 8.85. The molecule has 0 saturated heterocycles. The van der Waals surface area contributed by atoms with E-state index in [2.05, 4.69) is 0 Å². The van der Waals surface area contributed by atoms with Gasteiger partial charge in [-0.1, -0.05) is 6.07 Å². The third kappa shape index (κ3) is 6.92. The molecule has 20 heavy (non-hydrogen) atoms. The van der Waals surface area contributed by atoms with Crippen molar-refractivity contribution in [2.24, 2.45) is 0 Å². The summed E-state index contributed by atoms with van der Waals surface area (Å²) >= 11 is 0. The minimum Gasteiger partial charge on any atom is -0.497 e. The van der Waals surface area contributed by atoms with Gasteiger partial charge in [-0.3, -0.25) is 4.55 Å². The molecule has 2 N–H and O–H groups in total. The molecule has 0 fully saturated rings. The molecule has 0 aliphatic carbocycles. The van der Waals surface area contributed by atoms with Crippen molar-refractivity contribution in [2.75, 3.05) is 30.9 Å². The quantitative estimate of drug-likeness (QED) is 0.438. The summed E-state index contributed by atoms with van der Waals surface area (Å²) in [7, 11) is -2.62. The smallest absolute Gasteiger partial charge is 0.497 e. The van der Waals surface area contributed by atoms with Crippen molar-refractivity contribution < 1.29 is 52.4 Å². The second kappa shape index (κ2) is 8.86. The molecule has 0 aliphatic rings. The van der Waals surface area contributed by atoms with Crippen LogP contribution in [0.2, 0.25) is 0 Å². The van der Waals surface area contributed by atoms with E-state index in [0.717, 1.165) is 5.69 Å². The third-order valence-electron chi connectivity index (χ3n) is 2.63.